The summed E-state index contributed by atoms with van der Waals surface area (Å²) in [4.78, 5) is 4.45. The van der Waals surface area contributed by atoms with Gasteiger partial charge in [-0.1, -0.05) is 12.1 Å². The van der Waals surface area contributed by atoms with Gasteiger partial charge in [0.2, 0.25) is 0 Å². The summed E-state index contributed by atoms with van der Waals surface area (Å²) in [7, 11) is 1.69. The van der Waals surface area contributed by atoms with E-state index < -0.39 is 0 Å². The Morgan fingerprint density at radius 2 is 2.05 bits per heavy atom. The molecule has 1 atom stereocenters. The molecule has 0 saturated carbocycles. The van der Waals surface area contributed by atoms with Crippen molar-refractivity contribution < 1.29 is 4.74 Å². The van der Waals surface area contributed by atoms with Crippen LogP contribution >= 0.6 is 11.3 Å². The third-order valence-corrected chi connectivity index (χ3v) is 3.82. The van der Waals surface area contributed by atoms with Gasteiger partial charge in [-0.15, -0.1) is 11.3 Å². The molecule has 0 aliphatic carbocycles. The van der Waals surface area contributed by atoms with Gasteiger partial charge in [-0.05, 0) is 38.0 Å². The summed E-state index contributed by atoms with van der Waals surface area (Å²) in [5, 5.41) is 6.74. The van der Waals surface area contributed by atoms with Crippen LogP contribution in [0.3, 0.4) is 0 Å². The van der Waals surface area contributed by atoms with E-state index in [-0.39, 0.29) is 0 Å². The second kappa shape index (κ2) is 6.68. The standard InChI is InChI=1S/C15H20N2OS/c1-11(16-9-14-10-19-12(2)17-14)8-13-4-6-15(18-3)7-5-13/h4-7,10-11,16H,8-9H2,1-3H3. The summed E-state index contributed by atoms with van der Waals surface area (Å²) < 4.78 is 5.16. The maximum Gasteiger partial charge on any atom is 0.118 e. The second-order valence-corrected chi connectivity index (χ2v) is 5.75. The van der Waals surface area contributed by atoms with Crippen molar-refractivity contribution >= 4 is 11.3 Å². The summed E-state index contributed by atoms with van der Waals surface area (Å²) >= 11 is 1.70. The van der Waals surface area contributed by atoms with Crippen LogP contribution < -0.4 is 10.1 Å². The van der Waals surface area contributed by atoms with Crippen LogP contribution in [0, 0.1) is 6.92 Å². The molecule has 4 heteroatoms. The molecule has 102 valence electrons. The van der Waals surface area contributed by atoms with Crippen LogP contribution in [-0.4, -0.2) is 18.1 Å². The van der Waals surface area contributed by atoms with Crippen molar-refractivity contribution in [3.8, 4) is 5.75 Å². The Hall–Kier alpha value is -1.39. The molecule has 2 rings (SSSR count). The summed E-state index contributed by atoms with van der Waals surface area (Å²) in [6.07, 6.45) is 1.01. The molecule has 0 saturated heterocycles. The van der Waals surface area contributed by atoms with Gasteiger partial charge in [-0.3, -0.25) is 0 Å². The number of nitrogens with zero attached hydrogens (tertiary/aromatic N) is 1. The molecule has 1 aromatic heterocycles. The maximum absolute atomic E-state index is 5.16. The fourth-order valence-corrected chi connectivity index (χ4v) is 2.57. The Bertz CT molecular complexity index is 507. The van der Waals surface area contributed by atoms with E-state index in [0.717, 1.165) is 29.4 Å². The number of benzene rings is 1. The van der Waals surface area contributed by atoms with E-state index in [1.165, 1.54) is 5.56 Å². The number of rotatable bonds is 6. The van der Waals surface area contributed by atoms with Gasteiger partial charge in [0.15, 0.2) is 0 Å². The number of aromatic nitrogens is 1. The minimum Gasteiger partial charge on any atom is -0.497 e. The quantitative estimate of drug-likeness (QED) is 0.880. The molecule has 0 aliphatic rings. The van der Waals surface area contributed by atoms with Crippen LogP contribution in [0.25, 0.3) is 0 Å². The van der Waals surface area contributed by atoms with E-state index in [2.05, 4.69) is 34.7 Å². The Labute approximate surface area is 118 Å². The third kappa shape index (κ3) is 4.33. The predicted molar refractivity (Wildman–Crippen MR) is 79.9 cm³/mol. The normalized spacial score (nSPS) is 12.4. The molecule has 19 heavy (non-hydrogen) atoms. The van der Waals surface area contributed by atoms with Crippen LogP contribution in [0.2, 0.25) is 0 Å². The zero-order valence-electron chi connectivity index (χ0n) is 11.6. The van der Waals surface area contributed by atoms with Gasteiger partial charge < -0.3 is 10.1 Å². The average Bonchev–Trinajstić information content (AvgIpc) is 2.83. The monoisotopic (exact) mass is 276 g/mol. The summed E-state index contributed by atoms with van der Waals surface area (Å²) in [5.41, 5.74) is 2.44. The SMILES string of the molecule is COc1ccc(CC(C)NCc2csc(C)n2)cc1. The zero-order valence-corrected chi connectivity index (χ0v) is 12.5. The highest BCUT2D eigenvalue weighted by molar-refractivity contribution is 7.09. The molecule has 3 nitrogen and oxygen atoms in total. The first-order chi connectivity index (χ1) is 9.17. The highest BCUT2D eigenvalue weighted by atomic mass is 32.1. The van der Waals surface area contributed by atoms with E-state index in [0.29, 0.717) is 6.04 Å². The van der Waals surface area contributed by atoms with Gasteiger partial charge >= 0.3 is 0 Å². The van der Waals surface area contributed by atoms with E-state index in [1.54, 1.807) is 18.4 Å². The van der Waals surface area contributed by atoms with E-state index in [9.17, 15) is 0 Å². The molecule has 1 unspecified atom stereocenters. The van der Waals surface area contributed by atoms with Crippen LogP contribution in [0.1, 0.15) is 23.2 Å². The van der Waals surface area contributed by atoms with Gasteiger partial charge in [0, 0.05) is 18.0 Å². The molecule has 0 fully saturated rings. The predicted octanol–water partition coefficient (Wildman–Crippen LogP) is 3.18. The van der Waals surface area contributed by atoms with Crippen LogP contribution in [0.5, 0.6) is 5.75 Å². The van der Waals surface area contributed by atoms with E-state index >= 15 is 0 Å². The molecule has 1 aromatic carbocycles. The van der Waals surface area contributed by atoms with Crippen molar-refractivity contribution in [2.45, 2.75) is 32.9 Å². The van der Waals surface area contributed by atoms with Gasteiger partial charge in [0.05, 0.1) is 17.8 Å². The smallest absolute Gasteiger partial charge is 0.118 e. The Kier molecular flexibility index (Phi) is 4.93. The van der Waals surface area contributed by atoms with Crippen molar-refractivity contribution in [1.82, 2.24) is 10.3 Å². The number of hydrogen-bond donors (Lipinski definition) is 1. The summed E-state index contributed by atoms with van der Waals surface area (Å²) in [6.45, 7) is 5.07. The van der Waals surface area contributed by atoms with Crippen LogP contribution in [0.15, 0.2) is 29.6 Å². The van der Waals surface area contributed by atoms with Crippen molar-refractivity contribution in [1.29, 1.82) is 0 Å². The lowest BCUT2D eigenvalue weighted by Crippen LogP contribution is -2.27. The van der Waals surface area contributed by atoms with Crippen molar-refractivity contribution in [2.24, 2.45) is 0 Å². The van der Waals surface area contributed by atoms with Crippen molar-refractivity contribution in [3.05, 3.63) is 45.9 Å². The van der Waals surface area contributed by atoms with Gasteiger partial charge in [-0.25, -0.2) is 4.98 Å². The lowest BCUT2D eigenvalue weighted by atomic mass is 10.1. The molecule has 0 bridgehead atoms. The van der Waals surface area contributed by atoms with E-state index in [4.69, 9.17) is 4.74 Å². The fourth-order valence-electron chi connectivity index (χ4n) is 1.96. The number of ether oxygens (including phenoxy) is 1. The zero-order chi connectivity index (χ0) is 13.7. The highest BCUT2D eigenvalue weighted by Crippen LogP contribution is 2.13. The number of methoxy groups -OCH3 is 1. The third-order valence-electron chi connectivity index (χ3n) is 3.00. The molecular formula is C15H20N2OS. The van der Waals surface area contributed by atoms with E-state index in [1.807, 2.05) is 19.1 Å². The molecule has 2 aromatic rings. The molecule has 0 spiro atoms. The lowest BCUT2D eigenvalue weighted by Gasteiger charge is -2.13. The first kappa shape index (κ1) is 14.0. The molecule has 0 aliphatic heterocycles. The number of aryl methyl sites for hydroxylation is 1. The minimum absolute atomic E-state index is 0.426. The van der Waals surface area contributed by atoms with Crippen LogP contribution in [-0.2, 0) is 13.0 Å². The molecule has 1 heterocycles. The molecule has 1 N–H and O–H groups in total. The van der Waals surface area contributed by atoms with Gasteiger partial charge in [0.1, 0.15) is 5.75 Å². The van der Waals surface area contributed by atoms with Crippen molar-refractivity contribution in [3.63, 3.8) is 0 Å². The van der Waals surface area contributed by atoms with Gasteiger partial charge in [0.25, 0.3) is 0 Å². The van der Waals surface area contributed by atoms with Gasteiger partial charge in [-0.2, -0.15) is 0 Å². The molecule has 0 amide bonds. The maximum atomic E-state index is 5.16. The minimum atomic E-state index is 0.426. The fraction of sp³-hybridized carbons (Fsp3) is 0.400. The number of hydrogen-bond acceptors (Lipinski definition) is 4. The summed E-state index contributed by atoms with van der Waals surface area (Å²) in [6, 6.07) is 8.67. The topological polar surface area (TPSA) is 34.1 Å². The number of nitrogens with one attached hydrogen (secondary N) is 1. The largest absolute Gasteiger partial charge is 0.497 e. The Morgan fingerprint density at radius 3 is 2.63 bits per heavy atom. The van der Waals surface area contributed by atoms with Crippen molar-refractivity contribution in [2.75, 3.05) is 7.11 Å². The lowest BCUT2D eigenvalue weighted by molar-refractivity contribution is 0.414. The second-order valence-electron chi connectivity index (χ2n) is 4.69. The van der Waals surface area contributed by atoms with Crippen LogP contribution in [0.4, 0.5) is 0 Å². The first-order valence-corrected chi connectivity index (χ1v) is 7.32. The number of thiazole rings is 1. The molecule has 0 radical (unpaired) electrons. The average molecular weight is 276 g/mol. The molecular weight excluding hydrogens is 256 g/mol. The Morgan fingerprint density at radius 1 is 1.32 bits per heavy atom. The highest BCUT2D eigenvalue weighted by Gasteiger charge is 2.05. The Balaban J connectivity index is 1.81. The summed E-state index contributed by atoms with van der Waals surface area (Å²) in [5.74, 6) is 0.905. The first-order valence-electron chi connectivity index (χ1n) is 6.44.